The lowest BCUT2D eigenvalue weighted by Crippen LogP contribution is -2.41. The Bertz CT molecular complexity index is 1090. The molecule has 2 aromatic carbocycles. The fourth-order valence-corrected chi connectivity index (χ4v) is 4.27. The van der Waals surface area contributed by atoms with Crippen molar-refractivity contribution in [2.45, 2.75) is 30.3 Å². The highest BCUT2D eigenvalue weighted by Crippen LogP contribution is 2.62. The zero-order valence-corrected chi connectivity index (χ0v) is 13.2. The summed E-state index contributed by atoms with van der Waals surface area (Å²) < 4.78 is 72.5. The van der Waals surface area contributed by atoms with E-state index < -0.39 is 41.7 Å². The molecular formula is C19H12F5NO. The minimum Gasteiger partial charge on any atom is -0.379 e. The molecule has 1 heterocycles. The first-order valence-electron chi connectivity index (χ1n) is 8.05. The Morgan fingerprint density at radius 1 is 1.00 bits per heavy atom. The van der Waals surface area contributed by atoms with E-state index >= 15 is 0 Å². The molecule has 1 N–H and O–H groups in total. The summed E-state index contributed by atoms with van der Waals surface area (Å²) in [5.41, 5.74) is -3.11. The summed E-state index contributed by atoms with van der Waals surface area (Å²) in [6.45, 7) is 0. The molecule has 3 aromatic rings. The van der Waals surface area contributed by atoms with Gasteiger partial charge in [0, 0.05) is 34.8 Å². The molecule has 7 heteroatoms. The van der Waals surface area contributed by atoms with Crippen LogP contribution in [0, 0.1) is 5.82 Å². The maximum atomic E-state index is 14.4. The third-order valence-electron chi connectivity index (χ3n) is 5.44. The van der Waals surface area contributed by atoms with Gasteiger partial charge in [0.25, 0.3) is 11.8 Å². The highest BCUT2D eigenvalue weighted by molar-refractivity contribution is 5.82. The molecule has 2 aliphatic rings. The minimum atomic E-state index is -3.66. The zero-order valence-electron chi connectivity index (χ0n) is 13.2. The van der Waals surface area contributed by atoms with E-state index in [1.54, 1.807) is 18.3 Å². The SMILES string of the molecule is OC12CC(F)(F)c3cc(-n4ccc5ccc(F)cc54)cc(c31)CC2(F)F. The van der Waals surface area contributed by atoms with Crippen molar-refractivity contribution in [2.24, 2.45) is 0 Å². The number of rotatable bonds is 1. The van der Waals surface area contributed by atoms with E-state index in [9.17, 15) is 27.1 Å². The molecule has 2 nitrogen and oxygen atoms in total. The van der Waals surface area contributed by atoms with Gasteiger partial charge >= 0.3 is 0 Å². The molecule has 0 bridgehead atoms. The first-order valence-corrected chi connectivity index (χ1v) is 8.05. The van der Waals surface area contributed by atoms with E-state index in [0.29, 0.717) is 10.9 Å². The molecule has 0 aliphatic heterocycles. The van der Waals surface area contributed by atoms with Crippen LogP contribution in [0.1, 0.15) is 23.1 Å². The molecule has 1 aromatic heterocycles. The average Bonchev–Trinajstić information content (AvgIpc) is 3.10. The highest BCUT2D eigenvalue weighted by atomic mass is 19.3. The van der Waals surface area contributed by atoms with Gasteiger partial charge in [-0.2, -0.15) is 0 Å². The molecule has 26 heavy (non-hydrogen) atoms. The van der Waals surface area contributed by atoms with Crippen LogP contribution >= 0.6 is 0 Å². The first kappa shape index (κ1) is 15.8. The quantitative estimate of drug-likeness (QED) is 0.625. The summed E-state index contributed by atoms with van der Waals surface area (Å²) in [6, 6.07) is 8.26. The van der Waals surface area contributed by atoms with Crippen LogP contribution in [-0.2, 0) is 17.9 Å². The second kappa shape index (κ2) is 4.46. The Morgan fingerprint density at radius 2 is 1.77 bits per heavy atom. The molecule has 0 radical (unpaired) electrons. The second-order valence-corrected chi connectivity index (χ2v) is 7.04. The van der Waals surface area contributed by atoms with E-state index in [2.05, 4.69) is 0 Å². The maximum Gasteiger partial charge on any atom is 0.284 e. The smallest absolute Gasteiger partial charge is 0.284 e. The zero-order chi connectivity index (χ0) is 18.5. The number of hydrogen-bond donors (Lipinski definition) is 1. The third-order valence-corrected chi connectivity index (χ3v) is 5.44. The van der Waals surface area contributed by atoms with Crippen molar-refractivity contribution in [3.05, 3.63) is 65.1 Å². The van der Waals surface area contributed by atoms with Crippen LogP contribution in [0.25, 0.3) is 16.6 Å². The largest absolute Gasteiger partial charge is 0.379 e. The summed E-state index contributed by atoms with van der Waals surface area (Å²) in [4.78, 5) is 0. The van der Waals surface area contributed by atoms with Crippen LogP contribution in [0.15, 0.2) is 42.6 Å². The van der Waals surface area contributed by atoms with Crippen LogP contribution < -0.4 is 0 Å². The van der Waals surface area contributed by atoms with Crippen molar-refractivity contribution in [3.8, 4) is 5.69 Å². The molecular weight excluding hydrogens is 353 g/mol. The molecule has 5 rings (SSSR count). The number of fused-ring (bicyclic) bond motifs is 1. The summed E-state index contributed by atoms with van der Waals surface area (Å²) in [5.74, 6) is -7.71. The second-order valence-electron chi connectivity index (χ2n) is 7.04. The number of nitrogens with zero attached hydrogens (tertiary/aromatic N) is 1. The summed E-state index contributed by atoms with van der Waals surface area (Å²) in [5, 5.41) is 11.0. The highest BCUT2D eigenvalue weighted by Gasteiger charge is 2.69. The lowest BCUT2D eigenvalue weighted by atomic mass is 9.95. The Morgan fingerprint density at radius 3 is 2.54 bits per heavy atom. The van der Waals surface area contributed by atoms with Crippen LogP contribution in [0.4, 0.5) is 22.0 Å². The fraction of sp³-hybridized carbons (Fsp3) is 0.263. The van der Waals surface area contributed by atoms with Gasteiger partial charge in [0.15, 0.2) is 5.60 Å². The number of benzene rings is 2. The minimum absolute atomic E-state index is 0.000396. The van der Waals surface area contributed by atoms with Crippen molar-refractivity contribution in [2.75, 3.05) is 0 Å². The molecule has 0 fully saturated rings. The molecule has 0 saturated carbocycles. The van der Waals surface area contributed by atoms with Gasteiger partial charge in [0.2, 0.25) is 0 Å². The number of hydrogen-bond acceptors (Lipinski definition) is 1. The summed E-state index contributed by atoms with van der Waals surface area (Å²) in [7, 11) is 0. The van der Waals surface area contributed by atoms with Crippen LogP contribution in [0.5, 0.6) is 0 Å². The molecule has 1 atom stereocenters. The predicted molar refractivity (Wildman–Crippen MR) is 84.3 cm³/mol. The summed E-state index contributed by atoms with van der Waals surface area (Å²) in [6.07, 6.45) is -0.561. The Balaban J connectivity index is 1.79. The molecule has 134 valence electrons. The predicted octanol–water partition coefficient (Wildman–Crippen LogP) is 4.64. The van der Waals surface area contributed by atoms with Crippen molar-refractivity contribution >= 4 is 10.9 Å². The van der Waals surface area contributed by atoms with Gasteiger partial charge in [0.05, 0.1) is 11.9 Å². The first-order chi connectivity index (χ1) is 12.1. The van der Waals surface area contributed by atoms with E-state index in [0.717, 1.165) is 6.07 Å². The van der Waals surface area contributed by atoms with E-state index in [1.165, 1.54) is 22.8 Å². The van der Waals surface area contributed by atoms with E-state index in [-0.39, 0.29) is 16.8 Å². The van der Waals surface area contributed by atoms with Gasteiger partial charge in [0.1, 0.15) is 5.82 Å². The topological polar surface area (TPSA) is 25.2 Å². The maximum absolute atomic E-state index is 14.4. The van der Waals surface area contributed by atoms with Crippen LogP contribution in [0.2, 0.25) is 0 Å². The molecule has 0 saturated heterocycles. The van der Waals surface area contributed by atoms with Crippen molar-refractivity contribution < 1.29 is 27.1 Å². The van der Waals surface area contributed by atoms with Crippen LogP contribution in [0.3, 0.4) is 0 Å². The van der Waals surface area contributed by atoms with Gasteiger partial charge < -0.3 is 9.67 Å². The summed E-state index contributed by atoms with van der Waals surface area (Å²) >= 11 is 0. The van der Waals surface area contributed by atoms with Crippen molar-refractivity contribution in [1.29, 1.82) is 0 Å². The lowest BCUT2D eigenvalue weighted by molar-refractivity contribution is -0.198. The van der Waals surface area contributed by atoms with Gasteiger partial charge in [-0.3, -0.25) is 0 Å². The Hall–Kier alpha value is -2.41. The van der Waals surface area contributed by atoms with Gasteiger partial charge in [-0.15, -0.1) is 0 Å². The number of aliphatic hydroxyl groups is 1. The van der Waals surface area contributed by atoms with E-state index in [1.807, 2.05) is 0 Å². The molecule has 2 aliphatic carbocycles. The van der Waals surface area contributed by atoms with Gasteiger partial charge in [-0.1, -0.05) is 0 Å². The van der Waals surface area contributed by atoms with Gasteiger partial charge in [-0.25, -0.2) is 22.0 Å². The number of halogens is 5. The molecule has 0 amide bonds. The normalized spacial score (nSPS) is 25.0. The lowest BCUT2D eigenvalue weighted by Gasteiger charge is -2.27. The number of aromatic nitrogens is 1. The molecule has 1 unspecified atom stereocenters. The molecule has 0 spiro atoms. The van der Waals surface area contributed by atoms with E-state index in [4.69, 9.17) is 0 Å². The standard InChI is InChI=1S/C19H12F5NO/c20-12-2-1-10-3-4-25(15(10)6-12)13-5-11-8-19(23,24)17(26)9-18(21,22)14(7-13)16(11)17/h1-7,26H,8-9H2. The van der Waals surface area contributed by atoms with Crippen molar-refractivity contribution in [3.63, 3.8) is 0 Å². The Labute approximate surface area is 144 Å². The van der Waals surface area contributed by atoms with Gasteiger partial charge in [-0.05, 0) is 42.0 Å². The fourth-order valence-electron chi connectivity index (χ4n) is 4.27. The van der Waals surface area contributed by atoms with Crippen molar-refractivity contribution in [1.82, 2.24) is 4.57 Å². The Kier molecular flexibility index (Phi) is 2.71. The monoisotopic (exact) mass is 365 g/mol. The van der Waals surface area contributed by atoms with Crippen LogP contribution in [-0.4, -0.2) is 15.6 Å². The third kappa shape index (κ3) is 1.79. The number of alkyl halides is 4. The average molecular weight is 365 g/mol.